The lowest BCUT2D eigenvalue weighted by Crippen LogP contribution is -2.55. The zero-order valence-corrected chi connectivity index (χ0v) is 14.5. The highest BCUT2D eigenvalue weighted by Crippen LogP contribution is 2.41. The molecule has 0 bridgehead atoms. The van der Waals surface area contributed by atoms with Crippen molar-refractivity contribution in [3.63, 3.8) is 0 Å². The minimum atomic E-state index is 0.306. The number of amides is 1. The normalized spacial score (nSPS) is 27.9. The van der Waals surface area contributed by atoms with Crippen molar-refractivity contribution in [1.29, 1.82) is 0 Å². The van der Waals surface area contributed by atoms with Gasteiger partial charge in [0.25, 0.3) is 0 Å². The van der Waals surface area contributed by atoms with Gasteiger partial charge >= 0.3 is 0 Å². The van der Waals surface area contributed by atoms with Gasteiger partial charge in [0, 0.05) is 51.0 Å². The Kier molecular flexibility index (Phi) is 4.16. The Labute approximate surface area is 143 Å². The van der Waals surface area contributed by atoms with Crippen molar-refractivity contribution >= 4 is 11.9 Å². The molecule has 3 aliphatic heterocycles. The summed E-state index contributed by atoms with van der Waals surface area (Å²) < 4.78 is 0. The highest BCUT2D eigenvalue weighted by molar-refractivity contribution is 5.77. The lowest BCUT2D eigenvalue weighted by Gasteiger charge is -2.49. The fourth-order valence-corrected chi connectivity index (χ4v) is 4.59. The number of anilines is 1. The van der Waals surface area contributed by atoms with Gasteiger partial charge in [-0.25, -0.2) is 9.97 Å². The standard InChI is InChI=1S/C18H27N5O/c1-21-10-4-15(13-21)23-14-18(5-3-16(23)24)6-11-22(12-7-18)17-19-8-2-9-20-17/h2,8-9,15H,3-7,10-14H2,1H3/t15-/m0/s1. The molecule has 0 unspecified atom stereocenters. The van der Waals surface area contributed by atoms with Crippen molar-refractivity contribution in [2.24, 2.45) is 5.41 Å². The largest absolute Gasteiger partial charge is 0.341 e. The number of rotatable bonds is 2. The van der Waals surface area contributed by atoms with Crippen LogP contribution in [0.3, 0.4) is 0 Å². The lowest BCUT2D eigenvalue weighted by atomic mass is 9.72. The van der Waals surface area contributed by atoms with Crippen LogP contribution in [0.2, 0.25) is 0 Å². The molecule has 1 atom stereocenters. The molecule has 3 aliphatic rings. The molecule has 0 aliphatic carbocycles. The summed E-state index contributed by atoms with van der Waals surface area (Å²) >= 11 is 0. The molecule has 1 aromatic rings. The van der Waals surface area contributed by atoms with Crippen LogP contribution in [0.25, 0.3) is 0 Å². The van der Waals surface area contributed by atoms with E-state index in [1.165, 1.54) is 0 Å². The molecule has 1 spiro atoms. The summed E-state index contributed by atoms with van der Waals surface area (Å²) in [5.74, 6) is 1.21. The van der Waals surface area contributed by atoms with Crippen LogP contribution in [0.5, 0.6) is 0 Å². The number of likely N-dealkylation sites (tertiary alicyclic amines) is 2. The van der Waals surface area contributed by atoms with Gasteiger partial charge in [0.2, 0.25) is 11.9 Å². The Morgan fingerprint density at radius 2 is 1.88 bits per heavy atom. The van der Waals surface area contributed by atoms with E-state index in [1.807, 2.05) is 18.5 Å². The van der Waals surface area contributed by atoms with E-state index in [0.29, 0.717) is 17.4 Å². The number of hydrogen-bond acceptors (Lipinski definition) is 5. The van der Waals surface area contributed by atoms with E-state index < -0.39 is 0 Å². The van der Waals surface area contributed by atoms with Gasteiger partial charge in [-0.2, -0.15) is 0 Å². The third-order valence-corrected chi connectivity index (χ3v) is 6.16. The molecule has 1 aromatic heterocycles. The summed E-state index contributed by atoms with van der Waals surface area (Å²) in [4.78, 5) is 28.1. The van der Waals surface area contributed by atoms with E-state index in [1.54, 1.807) is 0 Å². The Morgan fingerprint density at radius 1 is 1.12 bits per heavy atom. The average molecular weight is 329 g/mol. The van der Waals surface area contributed by atoms with Crippen LogP contribution in [0.15, 0.2) is 18.5 Å². The quantitative estimate of drug-likeness (QED) is 0.821. The van der Waals surface area contributed by atoms with E-state index in [-0.39, 0.29) is 0 Å². The summed E-state index contributed by atoms with van der Waals surface area (Å²) in [5, 5.41) is 0. The molecule has 0 aromatic carbocycles. The molecule has 0 saturated carbocycles. The zero-order chi connectivity index (χ0) is 16.6. The predicted octanol–water partition coefficient (Wildman–Crippen LogP) is 1.39. The third kappa shape index (κ3) is 2.99. The SMILES string of the molecule is CN1CC[C@H](N2CC3(CCC2=O)CCN(c2ncccn2)CC3)C1. The van der Waals surface area contributed by atoms with Gasteiger partial charge in [-0.15, -0.1) is 0 Å². The number of piperidine rings is 2. The van der Waals surface area contributed by atoms with Gasteiger partial charge in [0.15, 0.2) is 0 Å². The number of carbonyl (C=O) groups is 1. The van der Waals surface area contributed by atoms with Crippen molar-refractivity contribution in [1.82, 2.24) is 19.8 Å². The highest BCUT2D eigenvalue weighted by atomic mass is 16.2. The van der Waals surface area contributed by atoms with Crippen molar-refractivity contribution in [2.75, 3.05) is 44.7 Å². The van der Waals surface area contributed by atoms with Gasteiger partial charge in [-0.1, -0.05) is 0 Å². The maximum Gasteiger partial charge on any atom is 0.225 e. The van der Waals surface area contributed by atoms with E-state index in [4.69, 9.17) is 0 Å². The Hall–Kier alpha value is -1.69. The highest BCUT2D eigenvalue weighted by Gasteiger charge is 2.43. The lowest BCUT2D eigenvalue weighted by molar-refractivity contribution is -0.141. The molecular weight excluding hydrogens is 302 g/mol. The van der Waals surface area contributed by atoms with E-state index in [2.05, 4.69) is 31.7 Å². The van der Waals surface area contributed by atoms with Crippen molar-refractivity contribution in [3.8, 4) is 0 Å². The fourth-order valence-electron chi connectivity index (χ4n) is 4.59. The van der Waals surface area contributed by atoms with Crippen molar-refractivity contribution < 1.29 is 4.79 Å². The molecule has 4 rings (SSSR count). The summed E-state index contributed by atoms with van der Waals surface area (Å²) in [5.41, 5.74) is 0.306. The van der Waals surface area contributed by atoms with Crippen molar-refractivity contribution in [2.45, 2.75) is 38.1 Å². The molecule has 6 heteroatoms. The molecule has 3 saturated heterocycles. The number of hydrogen-bond donors (Lipinski definition) is 0. The van der Waals surface area contributed by atoms with Crippen LogP contribution in [-0.2, 0) is 4.79 Å². The van der Waals surface area contributed by atoms with E-state index in [0.717, 1.165) is 70.8 Å². The molecule has 3 fully saturated rings. The van der Waals surface area contributed by atoms with Gasteiger partial charge < -0.3 is 14.7 Å². The van der Waals surface area contributed by atoms with Gasteiger partial charge in [0.1, 0.15) is 0 Å². The molecule has 24 heavy (non-hydrogen) atoms. The number of carbonyl (C=O) groups excluding carboxylic acids is 1. The molecule has 4 heterocycles. The van der Waals surface area contributed by atoms with Gasteiger partial charge in [-0.05, 0) is 50.8 Å². The third-order valence-electron chi connectivity index (χ3n) is 6.16. The molecule has 1 amide bonds. The topological polar surface area (TPSA) is 52.6 Å². The Bertz CT molecular complexity index is 584. The first kappa shape index (κ1) is 15.8. The van der Waals surface area contributed by atoms with Crippen LogP contribution < -0.4 is 4.90 Å². The second-order valence-electron chi connectivity index (χ2n) is 7.76. The smallest absolute Gasteiger partial charge is 0.225 e. The second-order valence-corrected chi connectivity index (χ2v) is 7.76. The fraction of sp³-hybridized carbons (Fsp3) is 0.722. The summed E-state index contributed by atoms with van der Waals surface area (Å²) in [6, 6.07) is 2.29. The number of likely N-dealkylation sites (N-methyl/N-ethyl adjacent to an activating group) is 1. The van der Waals surface area contributed by atoms with Gasteiger partial charge in [-0.3, -0.25) is 4.79 Å². The average Bonchev–Trinajstić information content (AvgIpc) is 3.05. The second kappa shape index (κ2) is 6.31. The van der Waals surface area contributed by atoms with Crippen LogP contribution in [0.4, 0.5) is 5.95 Å². The minimum absolute atomic E-state index is 0.306. The monoisotopic (exact) mass is 329 g/mol. The van der Waals surface area contributed by atoms with Crippen LogP contribution in [-0.4, -0.2) is 71.5 Å². The summed E-state index contributed by atoms with van der Waals surface area (Å²) in [7, 11) is 2.16. The maximum absolute atomic E-state index is 12.5. The maximum atomic E-state index is 12.5. The molecule has 0 N–H and O–H groups in total. The Morgan fingerprint density at radius 3 is 2.54 bits per heavy atom. The predicted molar refractivity (Wildman–Crippen MR) is 92.8 cm³/mol. The number of aromatic nitrogens is 2. The van der Waals surface area contributed by atoms with Gasteiger partial charge in [0.05, 0.1) is 0 Å². The molecule has 0 radical (unpaired) electrons. The van der Waals surface area contributed by atoms with Crippen LogP contribution in [0.1, 0.15) is 32.1 Å². The van der Waals surface area contributed by atoms with Crippen LogP contribution in [0, 0.1) is 5.41 Å². The summed E-state index contributed by atoms with van der Waals surface area (Å²) in [6.07, 6.45) is 8.79. The first-order valence-electron chi connectivity index (χ1n) is 9.15. The molecule has 130 valence electrons. The first-order chi connectivity index (χ1) is 11.7. The first-order valence-corrected chi connectivity index (χ1v) is 9.15. The molecular formula is C18H27N5O. The minimum Gasteiger partial charge on any atom is -0.341 e. The summed E-state index contributed by atoms with van der Waals surface area (Å²) in [6.45, 7) is 5.09. The van der Waals surface area contributed by atoms with E-state index in [9.17, 15) is 4.79 Å². The van der Waals surface area contributed by atoms with Crippen LogP contribution >= 0.6 is 0 Å². The molecule has 6 nitrogen and oxygen atoms in total. The van der Waals surface area contributed by atoms with Crippen molar-refractivity contribution in [3.05, 3.63) is 18.5 Å². The van der Waals surface area contributed by atoms with E-state index >= 15 is 0 Å². The zero-order valence-electron chi connectivity index (χ0n) is 14.5. The number of nitrogens with zero attached hydrogens (tertiary/aromatic N) is 5. The Balaban J connectivity index is 1.42.